The summed E-state index contributed by atoms with van der Waals surface area (Å²) in [6.07, 6.45) is 1.49. The highest BCUT2D eigenvalue weighted by Crippen LogP contribution is 2.26. The predicted octanol–water partition coefficient (Wildman–Crippen LogP) is 1.32. The number of pyridine rings is 1. The van der Waals surface area contributed by atoms with E-state index in [2.05, 4.69) is 15.0 Å². The first-order valence-corrected chi connectivity index (χ1v) is 5.82. The van der Waals surface area contributed by atoms with Crippen molar-refractivity contribution in [1.29, 1.82) is 0 Å². The summed E-state index contributed by atoms with van der Waals surface area (Å²) in [6, 6.07) is 4.31. The third-order valence-corrected chi connectivity index (χ3v) is 2.98. The number of hydrogen-bond donors (Lipinski definition) is 2. The van der Waals surface area contributed by atoms with Crippen LogP contribution in [0.1, 0.15) is 16.2 Å². The summed E-state index contributed by atoms with van der Waals surface area (Å²) in [6.45, 7) is 1.65. The lowest BCUT2D eigenvalue weighted by atomic mass is 10.3. The third kappa shape index (κ3) is 2.75. The Morgan fingerprint density at radius 1 is 1.50 bits per heavy atom. The van der Waals surface area contributed by atoms with Gasteiger partial charge in [-0.3, -0.25) is 4.79 Å². The fraction of sp³-hybridized carbons (Fsp3) is 0.0909. The first-order valence-electron chi connectivity index (χ1n) is 5.00. The summed E-state index contributed by atoms with van der Waals surface area (Å²) in [5.41, 5.74) is -0.194. The lowest BCUT2D eigenvalue weighted by Crippen LogP contribution is -2.08. The Kier molecular flexibility index (Phi) is 3.42. The van der Waals surface area contributed by atoms with Gasteiger partial charge in [0.2, 0.25) is 0 Å². The van der Waals surface area contributed by atoms with Gasteiger partial charge in [-0.2, -0.15) is 0 Å². The third-order valence-electron chi connectivity index (χ3n) is 2.04. The number of carbonyl (C=O) groups is 1. The first kappa shape index (κ1) is 12.3. The predicted molar refractivity (Wildman–Crippen MR) is 64.9 cm³/mol. The molecule has 7 heteroatoms. The van der Waals surface area contributed by atoms with Crippen molar-refractivity contribution >= 4 is 17.7 Å². The number of aromatic nitrogens is 3. The molecule has 0 aliphatic heterocycles. The zero-order chi connectivity index (χ0) is 13.1. The van der Waals surface area contributed by atoms with Crippen LogP contribution in [-0.4, -0.2) is 26.0 Å². The van der Waals surface area contributed by atoms with Gasteiger partial charge < -0.3 is 10.1 Å². The van der Waals surface area contributed by atoms with Crippen LogP contribution < -0.4 is 5.56 Å². The Bertz CT molecular complexity index is 654. The van der Waals surface area contributed by atoms with Gasteiger partial charge in [0.1, 0.15) is 15.9 Å². The van der Waals surface area contributed by atoms with E-state index in [1.165, 1.54) is 18.3 Å². The molecule has 2 heterocycles. The molecule has 2 aromatic heterocycles. The lowest BCUT2D eigenvalue weighted by molar-refractivity contribution is 0.0692. The van der Waals surface area contributed by atoms with Crippen molar-refractivity contribution in [3.8, 4) is 0 Å². The minimum atomic E-state index is -1.06. The SMILES string of the molecule is Cc1nc(Sc2ncccc2C(=O)O)cc(=O)[nH]1. The van der Waals surface area contributed by atoms with E-state index in [1.54, 1.807) is 13.0 Å². The van der Waals surface area contributed by atoms with E-state index in [4.69, 9.17) is 5.11 Å². The average Bonchev–Trinajstić information content (AvgIpc) is 2.27. The quantitative estimate of drug-likeness (QED) is 0.811. The number of rotatable bonds is 3. The number of aryl methyl sites for hydroxylation is 1. The maximum atomic E-state index is 11.3. The molecule has 0 radical (unpaired) electrons. The first-order chi connectivity index (χ1) is 8.56. The standard InChI is InChI=1S/C11H9N3O3S/c1-6-13-8(15)5-9(14-6)18-10-7(11(16)17)3-2-4-12-10/h2-5H,1H3,(H,16,17)(H,13,14,15). The molecule has 0 spiro atoms. The van der Waals surface area contributed by atoms with Crippen LogP contribution in [-0.2, 0) is 0 Å². The van der Waals surface area contributed by atoms with Crippen LogP contribution in [0.15, 0.2) is 39.2 Å². The van der Waals surface area contributed by atoms with Gasteiger partial charge in [-0.25, -0.2) is 14.8 Å². The molecule has 0 aromatic carbocycles. The molecular formula is C11H9N3O3S. The molecule has 0 atom stereocenters. The highest BCUT2D eigenvalue weighted by molar-refractivity contribution is 7.99. The second kappa shape index (κ2) is 5.01. The van der Waals surface area contributed by atoms with Crippen molar-refractivity contribution in [2.24, 2.45) is 0 Å². The molecule has 2 N–H and O–H groups in total. The number of carboxylic acid groups (broad SMARTS) is 1. The number of carboxylic acids is 1. The van der Waals surface area contributed by atoms with E-state index in [9.17, 15) is 9.59 Å². The van der Waals surface area contributed by atoms with E-state index >= 15 is 0 Å². The molecular weight excluding hydrogens is 254 g/mol. The van der Waals surface area contributed by atoms with Crippen molar-refractivity contribution in [1.82, 2.24) is 15.0 Å². The smallest absolute Gasteiger partial charge is 0.338 e. The van der Waals surface area contributed by atoms with Crippen molar-refractivity contribution in [3.63, 3.8) is 0 Å². The maximum absolute atomic E-state index is 11.3. The monoisotopic (exact) mass is 263 g/mol. The number of hydrogen-bond acceptors (Lipinski definition) is 5. The molecule has 0 fully saturated rings. The normalized spacial score (nSPS) is 10.3. The van der Waals surface area contributed by atoms with Crippen LogP contribution in [0.4, 0.5) is 0 Å². The highest BCUT2D eigenvalue weighted by atomic mass is 32.2. The number of nitrogens with one attached hydrogen (secondary N) is 1. The zero-order valence-electron chi connectivity index (χ0n) is 9.38. The minimum absolute atomic E-state index is 0.0854. The van der Waals surface area contributed by atoms with Crippen LogP contribution in [0.5, 0.6) is 0 Å². The second-order valence-electron chi connectivity index (χ2n) is 3.43. The summed E-state index contributed by atoms with van der Waals surface area (Å²) >= 11 is 1.05. The van der Waals surface area contributed by atoms with Gasteiger partial charge in [0.15, 0.2) is 0 Å². The van der Waals surface area contributed by atoms with Crippen molar-refractivity contribution in [2.45, 2.75) is 17.0 Å². The molecule has 92 valence electrons. The van der Waals surface area contributed by atoms with E-state index in [0.717, 1.165) is 11.8 Å². The Morgan fingerprint density at radius 3 is 2.94 bits per heavy atom. The van der Waals surface area contributed by atoms with E-state index in [-0.39, 0.29) is 11.1 Å². The van der Waals surface area contributed by atoms with Gasteiger partial charge in [-0.15, -0.1) is 0 Å². The molecule has 0 bridgehead atoms. The van der Waals surface area contributed by atoms with E-state index < -0.39 is 5.97 Å². The molecule has 0 amide bonds. The Labute approximate surface area is 106 Å². The van der Waals surface area contributed by atoms with Crippen molar-refractivity contribution in [2.75, 3.05) is 0 Å². The zero-order valence-corrected chi connectivity index (χ0v) is 10.2. The van der Waals surface area contributed by atoms with Crippen LogP contribution in [0.2, 0.25) is 0 Å². The van der Waals surface area contributed by atoms with Gasteiger partial charge in [0, 0.05) is 12.3 Å². The fourth-order valence-electron chi connectivity index (χ4n) is 1.34. The summed E-state index contributed by atoms with van der Waals surface area (Å²) in [4.78, 5) is 32.9. The molecule has 0 unspecified atom stereocenters. The molecule has 0 aliphatic carbocycles. The van der Waals surface area contributed by atoms with Gasteiger partial charge in [0.05, 0.1) is 5.56 Å². The number of aromatic carboxylic acids is 1. The molecule has 0 aliphatic rings. The topological polar surface area (TPSA) is 95.9 Å². The molecule has 2 rings (SSSR count). The number of H-pyrrole nitrogens is 1. The second-order valence-corrected chi connectivity index (χ2v) is 4.44. The Hall–Kier alpha value is -2.15. The van der Waals surface area contributed by atoms with Gasteiger partial charge in [-0.05, 0) is 30.8 Å². The van der Waals surface area contributed by atoms with Crippen LogP contribution in [0.25, 0.3) is 0 Å². The van der Waals surface area contributed by atoms with Crippen LogP contribution in [0, 0.1) is 6.92 Å². The molecule has 18 heavy (non-hydrogen) atoms. The molecule has 0 saturated carbocycles. The summed E-state index contributed by atoms with van der Waals surface area (Å²) in [7, 11) is 0. The van der Waals surface area contributed by atoms with Crippen LogP contribution in [0.3, 0.4) is 0 Å². The highest BCUT2D eigenvalue weighted by Gasteiger charge is 2.12. The summed E-state index contributed by atoms with van der Waals surface area (Å²) in [5, 5.41) is 9.73. The lowest BCUT2D eigenvalue weighted by Gasteiger charge is -2.03. The molecule has 0 saturated heterocycles. The molecule has 6 nitrogen and oxygen atoms in total. The number of aromatic amines is 1. The summed E-state index contributed by atoms with van der Waals surface area (Å²) < 4.78 is 0. The Morgan fingerprint density at radius 2 is 2.28 bits per heavy atom. The summed E-state index contributed by atoms with van der Waals surface area (Å²) in [5.74, 6) is -0.593. The van der Waals surface area contributed by atoms with Crippen molar-refractivity contribution in [3.05, 3.63) is 46.1 Å². The van der Waals surface area contributed by atoms with E-state index in [1.807, 2.05) is 0 Å². The van der Waals surface area contributed by atoms with Crippen molar-refractivity contribution < 1.29 is 9.90 Å². The number of nitrogens with zero attached hydrogens (tertiary/aromatic N) is 2. The fourth-order valence-corrected chi connectivity index (χ4v) is 2.26. The van der Waals surface area contributed by atoms with Crippen LogP contribution >= 0.6 is 11.8 Å². The molecule has 2 aromatic rings. The maximum Gasteiger partial charge on any atom is 0.338 e. The largest absolute Gasteiger partial charge is 0.478 e. The Balaban J connectivity index is 2.40. The van der Waals surface area contributed by atoms with Gasteiger partial charge >= 0.3 is 5.97 Å². The minimum Gasteiger partial charge on any atom is -0.478 e. The van der Waals surface area contributed by atoms with Gasteiger partial charge in [-0.1, -0.05) is 0 Å². The van der Waals surface area contributed by atoms with E-state index in [0.29, 0.717) is 15.9 Å². The van der Waals surface area contributed by atoms with Gasteiger partial charge in [0.25, 0.3) is 5.56 Å². The average molecular weight is 263 g/mol.